The Morgan fingerprint density at radius 2 is 2.23 bits per heavy atom. The molecule has 0 bridgehead atoms. The van der Waals surface area contributed by atoms with Gasteiger partial charge in [-0.05, 0) is 33.1 Å². The summed E-state index contributed by atoms with van der Waals surface area (Å²) < 4.78 is 0. The number of hydrogen-bond acceptors (Lipinski definition) is 1. The van der Waals surface area contributed by atoms with Gasteiger partial charge in [-0.2, -0.15) is 0 Å². The lowest BCUT2D eigenvalue weighted by Gasteiger charge is -2.29. The molecular formula is C10H18BrNO. The number of rotatable bonds is 2. The molecule has 76 valence electrons. The van der Waals surface area contributed by atoms with E-state index in [0.717, 1.165) is 12.8 Å². The zero-order chi connectivity index (χ0) is 10.0. The summed E-state index contributed by atoms with van der Waals surface area (Å²) in [7, 11) is 0. The lowest BCUT2D eigenvalue weighted by atomic mass is 10.1. The molecule has 0 aromatic rings. The highest BCUT2D eigenvalue weighted by molar-refractivity contribution is 9.10. The first kappa shape index (κ1) is 11.0. The maximum atomic E-state index is 11.8. The number of amides is 1. The number of hydrogen-bond donors (Lipinski definition) is 0. The molecule has 1 fully saturated rings. The number of alkyl halides is 1. The lowest BCUT2D eigenvalue weighted by molar-refractivity contribution is -0.132. The van der Waals surface area contributed by atoms with Gasteiger partial charge in [0.2, 0.25) is 5.91 Å². The molecule has 3 atom stereocenters. The average Bonchev–Trinajstić information content (AvgIpc) is 2.45. The van der Waals surface area contributed by atoms with Gasteiger partial charge in [0.25, 0.3) is 0 Å². The van der Waals surface area contributed by atoms with Crippen LogP contribution in [0.4, 0.5) is 0 Å². The summed E-state index contributed by atoms with van der Waals surface area (Å²) in [5.74, 6) is 0.247. The maximum absolute atomic E-state index is 11.8. The van der Waals surface area contributed by atoms with E-state index in [1.807, 2.05) is 6.92 Å². The third-order valence-corrected chi connectivity index (χ3v) is 3.24. The molecule has 3 heteroatoms. The van der Waals surface area contributed by atoms with E-state index in [9.17, 15) is 4.79 Å². The first-order valence-electron chi connectivity index (χ1n) is 5.04. The molecule has 0 radical (unpaired) electrons. The number of carbonyl (C=O) groups excluding carboxylic acids is 1. The minimum absolute atomic E-state index is 0.0397. The summed E-state index contributed by atoms with van der Waals surface area (Å²) in [4.78, 5) is 13.8. The summed E-state index contributed by atoms with van der Waals surface area (Å²) in [6.45, 7) is 6.20. The molecule has 1 heterocycles. The van der Waals surface area contributed by atoms with Crippen LogP contribution in [0.2, 0.25) is 0 Å². The highest BCUT2D eigenvalue weighted by atomic mass is 79.9. The molecule has 1 saturated heterocycles. The van der Waals surface area contributed by atoms with Crippen molar-refractivity contribution in [2.24, 2.45) is 0 Å². The molecule has 0 saturated carbocycles. The first-order chi connectivity index (χ1) is 6.07. The van der Waals surface area contributed by atoms with E-state index in [1.165, 1.54) is 6.42 Å². The van der Waals surface area contributed by atoms with Crippen LogP contribution in [0.5, 0.6) is 0 Å². The molecule has 1 amide bonds. The van der Waals surface area contributed by atoms with Crippen LogP contribution in [0, 0.1) is 0 Å². The Hall–Kier alpha value is -0.0500. The summed E-state index contributed by atoms with van der Waals surface area (Å²) in [5, 5.41) is 0. The summed E-state index contributed by atoms with van der Waals surface area (Å²) in [6.07, 6.45) is 3.41. The van der Waals surface area contributed by atoms with Crippen molar-refractivity contribution in [3.63, 3.8) is 0 Å². The first-order valence-corrected chi connectivity index (χ1v) is 5.95. The van der Waals surface area contributed by atoms with Gasteiger partial charge < -0.3 is 4.90 Å². The highest BCUT2D eigenvalue weighted by Gasteiger charge is 2.34. The van der Waals surface area contributed by atoms with Gasteiger partial charge in [0.15, 0.2) is 0 Å². The molecule has 3 unspecified atom stereocenters. The van der Waals surface area contributed by atoms with Crippen LogP contribution in [-0.4, -0.2) is 27.7 Å². The Morgan fingerprint density at radius 1 is 1.62 bits per heavy atom. The second kappa shape index (κ2) is 4.45. The monoisotopic (exact) mass is 247 g/mol. The van der Waals surface area contributed by atoms with E-state index in [0.29, 0.717) is 12.1 Å². The Labute approximate surface area is 88.8 Å². The van der Waals surface area contributed by atoms with E-state index >= 15 is 0 Å². The van der Waals surface area contributed by atoms with Crippen molar-refractivity contribution < 1.29 is 4.79 Å². The average molecular weight is 248 g/mol. The van der Waals surface area contributed by atoms with Crippen molar-refractivity contribution in [2.75, 3.05) is 0 Å². The van der Waals surface area contributed by atoms with Gasteiger partial charge in [0.1, 0.15) is 0 Å². The largest absolute Gasteiger partial charge is 0.336 e. The molecule has 0 aromatic carbocycles. The smallest absolute Gasteiger partial charge is 0.236 e. The molecule has 0 aromatic heterocycles. The minimum Gasteiger partial charge on any atom is -0.336 e. The zero-order valence-electron chi connectivity index (χ0n) is 8.59. The van der Waals surface area contributed by atoms with Gasteiger partial charge in [-0.3, -0.25) is 4.79 Å². The molecule has 2 nitrogen and oxygen atoms in total. The summed E-state index contributed by atoms with van der Waals surface area (Å²) >= 11 is 3.34. The van der Waals surface area contributed by atoms with Crippen molar-refractivity contribution >= 4 is 21.8 Å². The van der Waals surface area contributed by atoms with E-state index in [2.05, 4.69) is 34.7 Å². The Kier molecular flexibility index (Phi) is 3.77. The molecule has 0 N–H and O–H groups in total. The standard InChI is InChI=1S/C10H18BrNO/c1-4-9-6-5-7(2)12(9)10(13)8(3)11/h7-9H,4-6H2,1-3H3. The van der Waals surface area contributed by atoms with Gasteiger partial charge >= 0.3 is 0 Å². The normalized spacial score (nSPS) is 30.6. The van der Waals surface area contributed by atoms with Crippen LogP contribution < -0.4 is 0 Å². The van der Waals surface area contributed by atoms with Crippen LogP contribution in [0.1, 0.15) is 40.0 Å². The Morgan fingerprint density at radius 3 is 2.69 bits per heavy atom. The van der Waals surface area contributed by atoms with Crippen molar-refractivity contribution in [1.82, 2.24) is 4.90 Å². The van der Waals surface area contributed by atoms with Crippen LogP contribution in [0.25, 0.3) is 0 Å². The van der Waals surface area contributed by atoms with Crippen molar-refractivity contribution in [1.29, 1.82) is 0 Å². The highest BCUT2D eigenvalue weighted by Crippen LogP contribution is 2.27. The summed E-state index contributed by atoms with van der Waals surface area (Å²) in [6, 6.07) is 0.903. The van der Waals surface area contributed by atoms with Crippen molar-refractivity contribution in [3.05, 3.63) is 0 Å². The predicted octanol–water partition coefficient (Wildman–Crippen LogP) is 2.56. The second-order valence-electron chi connectivity index (χ2n) is 3.85. The lowest BCUT2D eigenvalue weighted by Crippen LogP contribution is -2.42. The fraction of sp³-hybridized carbons (Fsp3) is 0.900. The number of likely N-dealkylation sites (tertiary alicyclic amines) is 1. The van der Waals surface area contributed by atoms with Crippen molar-refractivity contribution in [2.45, 2.75) is 56.9 Å². The van der Waals surface area contributed by atoms with Crippen LogP contribution in [-0.2, 0) is 4.79 Å². The van der Waals surface area contributed by atoms with E-state index in [1.54, 1.807) is 0 Å². The predicted molar refractivity (Wildman–Crippen MR) is 58.0 cm³/mol. The molecule has 1 rings (SSSR count). The van der Waals surface area contributed by atoms with Crippen LogP contribution in [0.3, 0.4) is 0 Å². The quantitative estimate of drug-likeness (QED) is 0.688. The van der Waals surface area contributed by atoms with Gasteiger partial charge in [-0.25, -0.2) is 0 Å². The Balaban J connectivity index is 2.69. The molecule has 0 aliphatic carbocycles. The molecule has 13 heavy (non-hydrogen) atoms. The fourth-order valence-electron chi connectivity index (χ4n) is 2.08. The molecule has 0 spiro atoms. The fourth-order valence-corrected chi connectivity index (χ4v) is 2.31. The number of nitrogens with zero attached hydrogens (tertiary/aromatic N) is 1. The third-order valence-electron chi connectivity index (χ3n) is 2.85. The number of halogens is 1. The zero-order valence-corrected chi connectivity index (χ0v) is 10.2. The Bertz CT molecular complexity index is 193. The molecule has 1 aliphatic rings. The van der Waals surface area contributed by atoms with Gasteiger partial charge in [-0.15, -0.1) is 0 Å². The van der Waals surface area contributed by atoms with Crippen molar-refractivity contribution in [3.8, 4) is 0 Å². The van der Waals surface area contributed by atoms with E-state index in [4.69, 9.17) is 0 Å². The molecule has 1 aliphatic heterocycles. The third kappa shape index (κ3) is 2.25. The topological polar surface area (TPSA) is 20.3 Å². The van der Waals surface area contributed by atoms with E-state index in [-0.39, 0.29) is 10.7 Å². The summed E-state index contributed by atoms with van der Waals surface area (Å²) in [5.41, 5.74) is 0. The number of carbonyl (C=O) groups is 1. The van der Waals surface area contributed by atoms with Crippen LogP contribution >= 0.6 is 15.9 Å². The van der Waals surface area contributed by atoms with Gasteiger partial charge in [0.05, 0.1) is 4.83 Å². The van der Waals surface area contributed by atoms with E-state index < -0.39 is 0 Å². The SMILES string of the molecule is CCC1CCC(C)N1C(=O)C(C)Br. The molecular weight excluding hydrogens is 230 g/mol. The van der Waals surface area contributed by atoms with Gasteiger partial charge in [0, 0.05) is 12.1 Å². The van der Waals surface area contributed by atoms with Crippen LogP contribution in [0.15, 0.2) is 0 Å². The minimum atomic E-state index is -0.0397. The van der Waals surface area contributed by atoms with Gasteiger partial charge in [-0.1, -0.05) is 22.9 Å². The second-order valence-corrected chi connectivity index (χ2v) is 5.22. The maximum Gasteiger partial charge on any atom is 0.236 e.